The number of amides is 1. The van der Waals surface area contributed by atoms with Crippen molar-refractivity contribution in [2.75, 3.05) is 0 Å². The fourth-order valence-corrected chi connectivity index (χ4v) is 2.56. The van der Waals surface area contributed by atoms with Crippen LogP contribution in [0.2, 0.25) is 5.02 Å². The normalized spacial score (nSPS) is 13.5. The van der Waals surface area contributed by atoms with Gasteiger partial charge in [0.2, 0.25) is 5.91 Å². The molecule has 0 spiro atoms. The van der Waals surface area contributed by atoms with Crippen LogP contribution in [0.5, 0.6) is 0 Å². The quantitative estimate of drug-likeness (QED) is 0.814. The Balaban J connectivity index is 1.95. The zero-order valence-corrected chi connectivity index (χ0v) is 13.2. The molecule has 0 saturated carbocycles. The Labute approximate surface area is 135 Å². The summed E-state index contributed by atoms with van der Waals surface area (Å²) in [5, 5.41) is 2.96. The van der Waals surface area contributed by atoms with Crippen LogP contribution in [0.15, 0.2) is 54.6 Å². The Hall–Kier alpha value is -1.51. The predicted molar refractivity (Wildman–Crippen MR) is 87.8 cm³/mol. The Morgan fingerprint density at radius 1 is 1.10 bits per heavy atom. The molecule has 21 heavy (non-hydrogen) atoms. The fraction of sp³-hybridized carbons (Fsp3) is 0.235. The Morgan fingerprint density at radius 2 is 1.71 bits per heavy atom. The van der Waals surface area contributed by atoms with Crippen LogP contribution in [0, 0.1) is 0 Å². The van der Waals surface area contributed by atoms with E-state index in [1.165, 1.54) is 0 Å². The largest absolute Gasteiger partial charge is 0.352 e. The van der Waals surface area contributed by atoms with Gasteiger partial charge in [0.05, 0.1) is 0 Å². The van der Waals surface area contributed by atoms with E-state index in [0.717, 1.165) is 11.1 Å². The van der Waals surface area contributed by atoms with Gasteiger partial charge >= 0.3 is 0 Å². The number of alkyl halides is 1. The van der Waals surface area contributed by atoms with E-state index in [4.69, 9.17) is 23.2 Å². The lowest BCUT2D eigenvalue weighted by Gasteiger charge is -2.17. The molecule has 2 nitrogen and oxygen atoms in total. The van der Waals surface area contributed by atoms with E-state index in [0.29, 0.717) is 11.4 Å². The second-order valence-electron chi connectivity index (χ2n) is 4.98. The lowest BCUT2D eigenvalue weighted by Crippen LogP contribution is -2.36. The molecule has 0 bridgehead atoms. The van der Waals surface area contributed by atoms with Gasteiger partial charge in [-0.1, -0.05) is 60.1 Å². The smallest absolute Gasteiger partial charge is 0.242 e. The molecule has 0 saturated heterocycles. The van der Waals surface area contributed by atoms with Crippen LogP contribution in [0.3, 0.4) is 0 Å². The Morgan fingerprint density at radius 3 is 2.38 bits per heavy atom. The molecule has 2 unspecified atom stereocenters. The molecule has 0 fully saturated rings. The fourth-order valence-electron chi connectivity index (χ4n) is 2.13. The number of nitrogens with one attached hydrogen (secondary N) is 1. The number of carbonyl (C=O) groups excluding carboxylic acids is 1. The summed E-state index contributed by atoms with van der Waals surface area (Å²) in [5.41, 5.74) is 1.81. The van der Waals surface area contributed by atoms with Crippen molar-refractivity contribution in [3.05, 3.63) is 70.7 Å². The summed E-state index contributed by atoms with van der Waals surface area (Å²) in [6, 6.07) is 16.9. The van der Waals surface area contributed by atoms with Crippen molar-refractivity contribution < 1.29 is 4.79 Å². The maximum absolute atomic E-state index is 12.2. The molecule has 0 aliphatic carbocycles. The Bertz CT molecular complexity index is 601. The van der Waals surface area contributed by atoms with Gasteiger partial charge < -0.3 is 5.32 Å². The summed E-state index contributed by atoms with van der Waals surface area (Å²) in [7, 11) is 0. The molecule has 0 aliphatic heterocycles. The second kappa shape index (κ2) is 7.48. The van der Waals surface area contributed by atoms with Gasteiger partial charge in [-0.2, -0.15) is 0 Å². The standard InChI is InChI=1S/C17H17Cl2NO/c1-12(11-14-9-5-6-10-15(14)18)20-17(21)16(19)13-7-3-2-4-8-13/h2-10,12,16H,11H2,1H3,(H,20,21). The number of halogens is 2. The number of benzene rings is 2. The van der Waals surface area contributed by atoms with E-state index in [1.807, 2.05) is 61.5 Å². The molecule has 2 aromatic carbocycles. The van der Waals surface area contributed by atoms with Gasteiger partial charge in [-0.25, -0.2) is 0 Å². The van der Waals surface area contributed by atoms with E-state index in [2.05, 4.69) is 5.32 Å². The molecule has 110 valence electrons. The van der Waals surface area contributed by atoms with Crippen molar-refractivity contribution >= 4 is 29.1 Å². The zero-order valence-electron chi connectivity index (χ0n) is 11.7. The molecule has 4 heteroatoms. The zero-order chi connectivity index (χ0) is 15.2. The van der Waals surface area contributed by atoms with Crippen LogP contribution in [0.1, 0.15) is 23.4 Å². The highest BCUT2D eigenvalue weighted by atomic mass is 35.5. The van der Waals surface area contributed by atoms with Crippen LogP contribution < -0.4 is 5.32 Å². The molecule has 1 N–H and O–H groups in total. The minimum absolute atomic E-state index is 0.0395. The highest BCUT2D eigenvalue weighted by Gasteiger charge is 2.19. The molecule has 1 amide bonds. The number of hydrogen-bond donors (Lipinski definition) is 1. The van der Waals surface area contributed by atoms with Crippen molar-refractivity contribution in [1.82, 2.24) is 5.32 Å². The lowest BCUT2D eigenvalue weighted by molar-refractivity contribution is -0.121. The van der Waals surface area contributed by atoms with Crippen molar-refractivity contribution in [3.63, 3.8) is 0 Å². The number of rotatable bonds is 5. The first-order valence-corrected chi connectivity index (χ1v) is 7.62. The van der Waals surface area contributed by atoms with Gasteiger partial charge in [0.25, 0.3) is 0 Å². The maximum atomic E-state index is 12.2. The van der Waals surface area contributed by atoms with Crippen LogP contribution in [-0.2, 0) is 11.2 Å². The summed E-state index contributed by atoms with van der Waals surface area (Å²) >= 11 is 12.3. The van der Waals surface area contributed by atoms with Gasteiger partial charge in [-0.05, 0) is 30.5 Å². The summed E-state index contributed by atoms with van der Waals surface area (Å²) in [4.78, 5) is 12.2. The van der Waals surface area contributed by atoms with Gasteiger partial charge in [0.15, 0.2) is 0 Å². The van der Waals surface area contributed by atoms with Crippen molar-refractivity contribution in [3.8, 4) is 0 Å². The molecule has 2 rings (SSSR count). The Kier molecular flexibility index (Phi) is 5.66. The topological polar surface area (TPSA) is 29.1 Å². The molecule has 0 aliphatic rings. The summed E-state index contributed by atoms with van der Waals surface area (Å²) < 4.78 is 0. The van der Waals surface area contributed by atoms with Gasteiger partial charge in [0.1, 0.15) is 5.38 Å². The van der Waals surface area contributed by atoms with Crippen LogP contribution in [0.25, 0.3) is 0 Å². The number of carbonyl (C=O) groups is 1. The maximum Gasteiger partial charge on any atom is 0.242 e. The van der Waals surface area contributed by atoms with E-state index in [1.54, 1.807) is 0 Å². The van der Waals surface area contributed by atoms with Gasteiger partial charge in [0, 0.05) is 11.1 Å². The summed E-state index contributed by atoms with van der Waals surface area (Å²) in [6.07, 6.45) is 0.670. The first kappa shape index (κ1) is 15.9. The first-order chi connectivity index (χ1) is 10.1. The van der Waals surface area contributed by atoms with Crippen LogP contribution >= 0.6 is 23.2 Å². The average molecular weight is 322 g/mol. The molecule has 2 aromatic rings. The third-order valence-electron chi connectivity index (χ3n) is 3.20. The SMILES string of the molecule is CC(Cc1ccccc1Cl)NC(=O)C(Cl)c1ccccc1. The lowest BCUT2D eigenvalue weighted by atomic mass is 10.1. The second-order valence-corrected chi connectivity index (χ2v) is 5.82. The molecule has 0 aromatic heterocycles. The number of hydrogen-bond acceptors (Lipinski definition) is 1. The van der Waals surface area contributed by atoms with Gasteiger partial charge in [-0.3, -0.25) is 4.79 Å². The van der Waals surface area contributed by atoms with E-state index in [9.17, 15) is 4.79 Å². The molecular weight excluding hydrogens is 305 g/mol. The van der Waals surface area contributed by atoms with E-state index in [-0.39, 0.29) is 11.9 Å². The molecule has 0 heterocycles. The monoisotopic (exact) mass is 321 g/mol. The summed E-state index contributed by atoms with van der Waals surface area (Å²) in [6.45, 7) is 1.94. The molecule has 2 atom stereocenters. The summed E-state index contributed by atoms with van der Waals surface area (Å²) in [5.74, 6) is -0.192. The third-order valence-corrected chi connectivity index (χ3v) is 4.01. The van der Waals surface area contributed by atoms with Crippen LogP contribution in [0.4, 0.5) is 0 Å². The minimum Gasteiger partial charge on any atom is -0.352 e. The van der Waals surface area contributed by atoms with E-state index < -0.39 is 5.38 Å². The predicted octanol–water partition coefficient (Wildman–Crippen LogP) is 4.37. The average Bonchev–Trinajstić information content (AvgIpc) is 2.49. The van der Waals surface area contributed by atoms with Crippen molar-refractivity contribution in [1.29, 1.82) is 0 Å². The molecule has 0 radical (unpaired) electrons. The van der Waals surface area contributed by atoms with Gasteiger partial charge in [-0.15, -0.1) is 11.6 Å². The highest BCUT2D eigenvalue weighted by molar-refractivity contribution is 6.31. The molecular formula is C17H17Cl2NO. The highest BCUT2D eigenvalue weighted by Crippen LogP contribution is 2.21. The first-order valence-electron chi connectivity index (χ1n) is 6.80. The van der Waals surface area contributed by atoms with Crippen LogP contribution in [-0.4, -0.2) is 11.9 Å². The van der Waals surface area contributed by atoms with Crippen molar-refractivity contribution in [2.45, 2.75) is 24.8 Å². The van der Waals surface area contributed by atoms with Crippen molar-refractivity contribution in [2.24, 2.45) is 0 Å². The third kappa shape index (κ3) is 4.48. The minimum atomic E-state index is -0.681. The van der Waals surface area contributed by atoms with E-state index >= 15 is 0 Å².